The number of unbranched alkanes of at least 4 members (excludes halogenated alkanes) is 11. The lowest BCUT2D eigenvalue weighted by atomic mass is 10.1. The van der Waals surface area contributed by atoms with E-state index < -0.39 is 17.9 Å². The van der Waals surface area contributed by atoms with Crippen LogP contribution in [0.1, 0.15) is 122 Å². The molecule has 0 aromatic rings. The van der Waals surface area contributed by atoms with Gasteiger partial charge in [-0.1, -0.05) is 64.7 Å². The summed E-state index contributed by atoms with van der Waals surface area (Å²) in [5.74, 6) is -2.52. The molecule has 0 saturated heterocycles. The van der Waals surface area contributed by atoms with Crippen LogP contribution >= 0.6 is 0 Å². The fourth-order valence-corrected chi connectivity index (χ4v) is 2.95. The molecular weight excluding hydrogens is 416 g/mol. The predicted octanol–water partition coefficient (Wildman–Crippen LogP) is 5.81. The quantitative estimate of drug-likeness (QED) is 0.144. The summed E-state index contributed by atoms with van der Waals surface area (Å²) in [4.78, 5) is 41.6. The number of carboxylic acids is 3. The third-order valence-electron chi connectivity index (χ3n) is 4.81. The van der Waals surface area contributed by atoms with Crippen LogP contribution in [-0.4, -0.2) is 45.8 Å². The summed E-state index contributed by atoms with van der Waals surface area (Å²) < 4.78 is 5.22. The van der Waals surface area contributed by atoms with Crippen molar-refractivity contribution in [2.45, 2.75) is 122 Å². The molecule has 0 fully saturated rings. The zero-order valence-electron chi connectivity index (χ0n) is 19.8. The van der Waals surface area contributed by atoms with E-state index >= 15 is 0 Å². The summed E-state index contributed by atoms with van der Waals surface area (Å²) in [5.41, 5.74) is 0. The van der Waals surface area contributed by atoms with Gasteiger partial charge in [0.1, 0.15) is 0 Å². The van der Waals surface area contributed by atoms with Crippen LogP contribution in [0.3, 0.4) is 0 Å². The van der Waals surface area contributed by atoms with E-state index in [1.165, 1.54) is 25.7 Å². The van der Waals surface area contributed by atoms with Crippen molar-refractivity contribution in [2.75, 3.05) is 6.61 Å². The molecule has 0 radical (unpaired) electrons. The minimum absolute atomic E-state index is 0.0628. The van der Waals surface area contributed by atoms with Crippen molar-refractivity contribution in [1.29, 1.82) is 0 Å². The van der Waals surface area contributed by atoms with E-state index in [0.29, 0.717) is 25.9 Å². The maximum absolute atomic E-state index is 11.5. The number of aliphatic carboxylic acids is 3. The molecule has 0 amide bonds. The number of hydrogen-bond acceptors (Lipinski definition) is 5. The Labute approximate surface area is 192 Å². The van der Waals surface area contributed by atoms with E-state index in [-0.39, 0.29) is 25.2 Å². The molecule has 3 N–H and O–H groups in total. The fraction of sp³-hybridized carbons (Fsp3) is 0.833. The molecule has 32 heavy (non-hydrogen) atoms. The molecule has 188 valence electrons. The number of carboxylic acid groups (broad SMARTS) is 3. The summed E-state index contributed by atoms with van der Waals surface area (Å²) in [7, 11) is 0. The van der Waals surface area contributed by atoms with E-state index in [4.69, 9.17) is 20.1 Å². The first-order valence-electron chi connectivity index (χ1n) is 12.1. The maximum Gasteiger partial charge on any atom is 0.305 e. The molecule has 0 atom stereocenters. The lowest BCUT2D eigenvalue weighted by Gasteiger charge is -2.05. The van der Waals surface area contributed by atoms with E-state index in [1.807, 2.05) is 0 Å². The summed E-state index contributed by atoms with van der Waals surface area (Å²) >= 11 is 0. The fourth-order valence-electron chi connectivity index (χ4n) is 2.95. The lowest BCUT2D eigenvalue weighted by molar-refractivity contribution is -0.144. The molecule has 0 aromatic heterocycles. The number of ether oxygens (including phenoxy) is 1. The second-order valence-electron chi connectivity index (χ2n) is 8.00. The molecule has 0 heterocycles. The van der Waals surface area contributed by atoms with Gasteiger partial charge >= 0.3 is 23.9 Å². The molecule has 0 aromatic carbocycles. The minimum atomic E-state index is -0.870. The van der Waals surface area contributed by atoms with Gasteiger partial charge in [0.15, 0.2) is 0 Å². The highest BCUT2D eigenvalue weighted by atomic mass is 16.5. The normalized spacial score (nSPS) is 10.2. The molecule has 0 aliphatic carbocycles. The molecule has 0 saturated carbocycles. The van der Waals surface area contributed by atoms with Crippen molar-refractivity contribution in [3.63, 3.8) is 0 Å². The van der Waals surface area contributed by atoms with Gasteiger partial charge in [0.2, 0.25) is 0 Å². The van der Waals surface area contributed by atoms with Crippen molar-refractivity contribution in [3.8, 4) is 0 Å². The maximum atomic E-state index is 11.5. The van der Waals surface area contributed by atoms with Crippen molar-refractivity contribution in [2.24, 2.45) is 0 Å². The van der Waals surface area contributed by atoms with Crippen molar-refractivity contribution in [1.82, 2.24) is 0 Å². The molecule has 8 nitrogen and oxygen atoms in total. The molecule has 0 unspecified atom stereocenters. The summed E-state index contributed by atoms with van der Waals surface area (Å²) in [6.07, 6.45) is 14.8. The van der Waals surface area contributed by atoms with Gasteiger partial charge in [-0.15, -0.1) is 0 Å². The summed E-state index contributed by atoms with van der Waals surface area (Å²) in [6, 6.07) is 0. The van der Waals surface area contributed by atoms with Crippen LogP contribution < -0.4 is 0 Å². The SMILES string of the molecule is CCCCCCCCOC(=O)CCCCCCCCC(=O)O.O=C(O)CCCCC(=O)O. The zero-order valence-corrected chi connectivity index (χ0v) is 19.8. The number of carbonyl (C=O) groups is 4. The summed E-state index contributed by atoms with van der Waals surface area (Å²) in [5, 5.41) is 24.8. The second-order valence-corrected chi connectivity index (χ2v) is 8.00. The zero-order chi connectivity index (χ0) is 24.5. The first-order valence-corrected chi connectivity index (χ1v) is 12.1. The van der Waals surface area contributed by atoms with Gasteiger partial charge in [-0.05, 0) is 32.1 Å². The lowest BCUT2D eigenvalue weighted by Crippen LogP contribution is -2.05. The highest BCUT2D eigenvalue weighted by Gasteiger charge is 2.03. The van der Waals surface area contributed by atoms with Crippen LogP contribution in [0.15, 0.2) is 0 Å². The number of esters is 1. The van der Waals surface area contributed by atoms with Crippen LogP contribution in [0.5, 0.6) is 0 Å². The van der Waals surface area contributed by atoms with Crippen LogP contribution in [-0.2, 0) is 23.9 Å². The number of hydrogen-bond donors (Lipinski definition) is 3. The van der Waals surface area contributed by atoms with Crippen LogP contribution in [0, 0.1) is 0 Å². The highest BCUT2D eigenvalue weighted by Crippen LogP contribution is 2.10. The van der Waals surface area contributed by atoms with Gasteiger partial charge in [0.25, 0.3) is 0 Å². The van der Waals surface area contributed by atoms with Gasteiger partial charge < -0.3 is 20.1 Å². The molecule has 8 heteroatoms. The number of carbonyl (C=O) groups excluding carboxylic acids is 1. The molecule has 0 aliphatic rings. The summed E-state index contributed by atoms with van der Waals surface area (Å²) in [6.45, 7) is 2.78. The largest absolute Gasteiger partial charge is 0.481 e. The Kier molecular flexibility index (Phi) is 25.2. The molecule has 0 aliphatic heterocycles. The highest BCUT2D eigenvalue weighted by molar-refractivity contribution is 5.69. The van der Waals surface area contributed by atoms with Gasteiger partial charge in [-0.25, -0.2) is 0 Å². The molecule has 0 bridgehead atoms. The third kappa shape index (κ3) is 32.5. The Morgan fingerprint density at radius 1 is 0.500 bits per heavy atom. The van der Waals surface area contributed by atoms with Gasteiger partial charge in [-0.3, -0.25) is 19.2 Å². The Balaban J connectivity index is 0. The van der Waals surface area contributed by atoms with Crippen molar-refractivity contribution >= 4 is 23.9 Å². The van der Waals surface area contributed by atoms with Gasteiger partial charge in [0.05, 0.1) is 6.61 Å². The smallest absolute Gasteiger partial charge is 0.305 e. The monoisotopic (exact) mass is 460 g/mol. The average molecular weight is 461 g/mol. The van der Waals surface area contributed by atoms with E-state index in [1.54, 1.807) is 0 Å². The number of rotatable bonds is 21. The third-order valence-corrected chi connectivity index (χ3v) is 4.81. The van der Waals surface area contributed by atoms with Crippen LogP contribution in [0.25, 0.3) is 0 Å². The van der Waals surface area contributed by atoms with Gasteiger partial charge in [0, 0.05) is 25.7 Å². The second kappa shape index (κ2) is 25.1. The van der Waals surface area contributed by atoms with E-state index in [2.05, 4.69) is 6.92 Å². The van der Waals surface area contributed by atoms with Gasteiger partial charge in [-0.2, -0.15) is 0 Å². The van der Waals surface area contributed by atoms with Crippen molar-refractivity contribution in [3.05, 3.63) is 0 Å². The Morgan fingerprint density at radius 2 is 0.844 bits per heavy atom. The predicted molar refractivity (Wildman–Crippen MR) is 123 cm³/mol. The van der Waals surface area contributed by atoms with E-state index in [9.17, 15) is 19.2 Å². The molecular formula is C24H44O8. The first kappa shape index (κ1) is 32.1. The minimum Gasteiger partial charge on any atom is -0.481 e. The van der Waals surface area contributed by atoms with Crippen molar-refractivity contribution < 1.29 is 39.2 Å². The first-order chi connectivity index (χ1) is 15.3. The van der Waals surface area contributed by atoms with Crippen LogP contribution in [0.4, 0.5) is 0 Å². The Hall–Kier alpha value is -2.12. The average Bonchev–Trinajstić information content (AvgIpc) is 2.72. The topological polar surface area (TPSA) is 138 Å². The van der Waals surface area contributed by atoms with Crippen LogP contribution in [0.2, 0.25) is 0 Å². The van der Waals surface area contributed by atoms with E-state index in [0.717, 1.165) is 51.4 Å². The Bertz CT molecular complexity index is 474. The standard InChI is InChI=1S/C18H34O4.C6H10O4/c1-2-3-4-5-10-13-16-22-18(21)15-12-9-7-6-8-11-14-17(19)20;7-5(8)3-1-2-4-6(9)10/h2-16H2,1H3,(H,19,20);1-4H2,(H,7,8)(H,9,10). The Morgan fingerprint density at radius 3 is 1.28 bits per heavy atom. The molecule has 0 spiro atoms. The molecule has 0 rings (SSSR count).